The Morgan fingerprint density at radius 2 is 0.537 bits per heavy atom. The highest BCUT2D eigenvalue weighted by Gasteiger charge is 2.30. The molecule has 0 aromatic heterocycles. The fraction of sp³-hybridized carbons (Fsp3) is 0.947. The molecule has 0 spiro atoms. The van der Waals surface area contributed by atoms with Gasteiger partial charge < -0.3 is 33.8 Å². The molecule has 19 heteroatoms. The van der Waals surface area contributed by atoms with Crippen molar-refractivity contribution in [1.82, 2.24) is 0 Å². The van der Waals surface area contributed by atoms with Crippen LogP contribution in [0.5, 0.6) is 0 Å². The SMILES string of the molecule is CCCCCCCCCCCCCC(=O)OC[C@H](COP(=O)(O)OC[C@H](O)COP(=O)(O)OC[C@@H](COC(=O)CCCCCCCCCCC(C)C)OC(=O)CCCCCCCCCCCCCCCCCCCCC(C)CC)OC(=O)CCCCCCCCCCC(C)C. The summed E-state index contributed by atoms with van der Waals surface area (Å²) < 4.78 is 68.4. The minimum Gasteiger partial charge on any atom is -0.462 e. The predicted molar refractivity (Wildman–Crippen MR) is 386 cm³/mol. The normalized spacial score (nSPS) is 14.4. The third kappa shape index (κ3) is 69.0. The number of ether oxygens (including phenoxy) is 4. The number of unbranched alkanes of at least 4 members (excludes halogenated alkanes) is 41. The van der Waals surface area contributed by atoms with Crippen molar-refractivity contribution in [2.75, 3.05) is 39.6 Å². The molecular formula is C76H148O17P2. The van der Waals surface area contributed by atoms with Gasteiger partial charge in [-0.05, 0) is 43.4 Å². The Bertz CT molecular complexity index is 1850. The van der Waals surface area contributed by atoms with Gasteiger partial charge in [-0.2, -0.15) is 0 Å². The highest BCUT2D eigenvalue weighted by molar-refractivity contribution is 7.47. The van der Waals surface area contributed by atoms with Crippen molar-refractivity contribution in [3.63, 3.8) is 0 Å². The number of carbonyl (C=O) groups is 4. The monoisotopic (exact) mass is 1400 g/mol. The molecule has 0 bridgehead atoms. The van der Waals surface area contributed by atoms with Gasteiger partial charge in [-0.25, -0.2) is 9.13 Å². The number of esters is 4. The molecule has 564 valence electrons. The van der Waals surface area contributed by atoms with Crippen molar-refractivity contribution in [3.05, 3.63) is 0 Å². The molecule has 6 atom stereocenters. The highest BCUT2D eigenvalue weighted by atomic mass is 31.2. The predicted octanol–water partition coefficient (Wildman–Crippen LogP) is 22.2. The van der Waals surface area contributed by atoms with Gasteiger partial charge in [0.05, 0.1) is 26.4 Å². The Hall–Kier alpha value is -1.94. The number of phosphoric acid groups is 2. The van der Waals surface area contributed by atoms with Gasteiger partial charge in [-0.1, -0.05) is 337 Å². The smallest absolute Gasteiger partial charge is 0.462 e. The van der Waals surface area contributed by atoms with E-state index in [-0.39, 0.29) is 25.7 Å². The third-order valence-electron chi connectivity index (χ3n) is 18.0. The third-order valence-corrected chi connectivity index (χ3v) is 19.9. The first-order valence-corrected chi connectivity index (χ1v) is 42.4. The lowest BCUT2D eigenvalue weighted by Crippen LogP contribution is -2.30. The molecule has 0 aromatic rings. The maximum absolute atomic E-state index is 13.1. The van der Waals surface area contributed by atoms with E-state index < -0.39 is 97.5 Å². The van der Waals surface area contributed by atoms with E-state index in [4.69, 9.17) is 37.0 Å². The fourth-order valence-corrected chi connectivity index (χ4v) is 13.1. The summed E-state index contributed by atoms with van der Waals surface area (Å²) in [6, 6.07) is 0. The van der Waals surface area contributed by atoms with E-state index in [9.17, 15) is 43.2 Å². The molecule has 95 heavy (non-hydrogen) atoms. The highest BCUT2D eigenvalue weighted by Crippen LogP contribution is 2.45. The summed E-state index contributed by atoms with van der Waals surface area (Å²) >= 11 is 0. The summed E-state index contributed by atoms with van der Waals surface area (Å²) in [5.41, 5.74) is 0. The fourth-order valence-electron chi connectivity index (χ4n) is 11.6. The van der Waals surface area contributed by atoms with E-state index in [1.807, 2.05) is 0 Å². The van der Waals surface area contributed by atoms with Crippen molar-refractivity contribution in [2.24, 2.45) is 17.8 Å². The maximum atomic E-state index is 13.1. The van der Waals surface area contributed by atoms with Crippen LogP contribution < -0.4 is 0 Å². The molecule has 0 rings (SSSR count). The standard InChI is InChI=1S/C76H148O17P2/c1-8-10-11-12-13-14-23-27-36-43-50-57-73(78)86-63-72(93-76(81)60-53-46-39-32-30-34-41-48-55-68(5)6)66-91-95(84,85)89-62-70(77)61-88-94(82,83)90-65-71(64-87-74(79)58-51-44-37-31-29-33-40-47-54-67(3)4)92-75(80)59-52-45-38-28-25-22-20-18-16-15-17-19-21-24-26-35-42-49-56-69(7)9-2/h67-72,77H,8-66H2,1-7H3,(H,82,83)(H,84,85)/t69?,70-,71-,72-/m1/s1. The molecule has 0 heterocycles. The van der Waals surface area contributed by atoms with Gasteiger partial charge in [0.1, 0.15) is 19.3 Å². The second-order valence-electron chi connectivity index (χ2n) is 28.6. The summed E-state index contributed by atoms with van der Waals surface area (Å²) in [7, 11) is -9.91. The summed E-state index contributed by atoms with van der Waals surface area (Å²) in [5, 5.41) is 10.6. The van der Waals surface area contributed by atoms with E-state index in [0.717, 1.165) is 108 Å². The number of phosphoric ester groups is 2. The average molecular weight is 1400 g/mol. The first kappa shape index (κ1) is 93.1. The Morgan fingerprint density at radius 1 is 0.305 bits per heavy atom. The zero-order valence-corrected chi connectivity index (χ0v) is 63.9. The number of hydrogen-bond acceptors (Lipinski definition) is 15. The average Bonchev–Trinajstić information content (AvgIpc) is 1.51. The zero-order valence-electron chi connectivity index (χ0n) is 62.1. The van der Waals surface area contributed by atoms with Crippen LogP contribution in [0.4, 0.5) is 0 Å². The van der Waals surface area contributed by atoms with Crippen molar-refractivity contribution in [1.29, 1.82) is 0 Å². The molecule has 0 aliphatic heterocycles. The summed E-state index contributed by atoms with van der Waals surface area (Å²) in [4.78, 5) is 72.7. The first-order chi connectivity index (χ1) is 45.8. The molecule has 0 aromatic carbocycles. The second kappa shape index (κ2) is 66.6. The minimum absolute atomic E-state index is 0.105. The summed E-state index contributed by atoms with van der Waals surface area (Å²) in [6.07, 6.45) is 52.8. The Labute approximate surface area is 581 Å². The van der Waals surface area contributed by atoms with Crippen molar-refractivity contribution >= 4 is 39.5 Å². The van der Waals surface area contributed by atoms with Crippen LogP contribution in [-0.2, 0) is 65.4 Å². The summed E-state index contributed by atoms with van der Waals surface area (Å²) in [6.45, 7) is 11.9. The Kier molecular flexibility index (Phi) is 65.2. The minimum atomic E-state index is -4.96. The molecule has 0 aliphatic rings. The van der Waals surface area contributed by atoms with Gasteiger partial charge in [0.2, 0.25) is 0 Å². The molecule has 0 saturated heterocycles. The van der Waals surface area contributed by atoms with Crippen LogP contribution in [0.3, 0.4) is 0 Å². The first-order valence-electron chi connectivity index (χ1n) is 39.4. The van der Waals surface area contributed by atoms with Gasteiger partial charge in [-0.3, -0.25) is 37.3 Å². The second-order valence-corrected chi connectivity index (χ2v) is 31.5. The lowest BCUT2D eigenvalue weighted by atomic mass is 9.99. The number of hydrogen-bond donors (Lipinski definition) is 3. The lowest BCUT2D eigenvalue weighted by molar-refractivity contribution is -0.161. The van der Waals surface area contributed by atoms with Gasteiger partial charge >= 0.3 is 39.5 Å². The molecular weight excluding hydrogens is 1250 g/mol. The number of rotatable bonds is 74. The molecule has 0 fully saturated rings. The van der Waals surface area contributed by atoms with Crippen LogP contribution in [0.15, 0.2) is 0 Å². The van der Waals surface area contributed by atoms with Gasteiger partial charge in [0.25, 0.3) is 0 Å². The Morgan fingerprint density at radius 3 is 0.800 bits per heavy atom. The topological polar surface area (TPSA) is 237 Å². The van der Waals surface area contributed by atoms with Crippen molar-refractivity contribution < 1.29 is 80.2 Å². The quantitative estimate of drug-likeness (QED) is 0.0222. The van der Waals surface area contributed by atoms with E-state index in [1.54, 1.807) is 0 Å². The molecule has 0 saturated carbocycles. The molecule has 0 aliphatic carbocycles. The number of carbonyl (C=O) groups excluding carboxylic acids is 4. The van der Waals surface area contributed by atoms with Crippen LogP contribution in [-0.4, -0.2) is 96.7 Å². The molecule has 3 N–H and O–H groups in total. The molecule has 17 nitrogen and oxygen atoms in total. The largest absolute Gasteiger partial charge is 0.472 e. The molecule has 0 amide bonds. The van der Waals surface area contributed by atoms with E-state index in [1.165, 1.54) is 199 Å². The van der Waals surface area contributed by atoms with Crippen LogP contribution >= 0.6 is 15.6 Å². The van der Waals surface area contributed by atoms with Crippen molar-refractivity contribution in [3.8, 4) is 0 Å². The van der Waals surface area contributed by atoms with Gasteiger partial charge in [0, 0.05) is 25.7 Å². The van der Waals surface area contributed by atoms with Crippen molar-refractivity contribution in [2.45, 2.75) is 407 Å². The molecule has 0 radical (unpaired) electrons. The van der Waals surface area contributed by atoms with Crippen LogP contribution in [0.2, 0.25) is 0 Å². The molecule has 3 unspecified atom stereocenters. The van der Waals surface area contributed by atoms with Crippen LogP contribution in [0, 0.1) is 17.8 Å². The van der Waals surface area contributed by atoms with Crippen LogP contribution in [0.1, 0.15) is 389 Å². The van der Waals surface area contributed by atoms with Gasteiger partial charge in [0.15, 0.2) is 12.2 Å². The lowest BCUT2D eigenvalue weighted by Gasteiger charge is -2.21. The Balaban J connectivity index is 5.17. The number of aliphatic hydroxyl groups excluding tert-OH is 1. The van der Waals surface area contributed by atoms with Crippen LogP contribution in [0.25, 0.3) is 0 Å². The maximum Gasteiger partial charge on any atom is 0.472 e. The van der Waals surface area contributed by atoms with E-state index >= 15 is 0 Å². The van der Waals surface area contributed by atoms with E-state index in [2.05, 4.69) is 48.5 Å². The van der Waals surface area contributed by atoms with Gasteiger partial charge in [-0.15, -0.1) is 0 Å². The summed E-state index contributed by atoms with van der Waals surface area (Å²) in [5.74, 6) is 0.195. The number of aliphatic hydroxyl groups is 1. The zero-order chi connectivity index (χ0) is 70.1. The van der Waals surface area contributed by atoms with E-state index in [0.29, 0.717) is 25.7 Å².